The number of carbonyl (C=O) groups is 3. The van der Waals surface area contributed by atoms with Gasteiger partial charge < -0.3 is 20.3 Å². The molecule has 7 rings (SSSR count). The molecule has 0 radical (unpaired) electrons. The number of hydrogen-bond donors (Lipinski definition) is 3. The zero-order valence-corrected chi connectivity index (χ0v) is 28.0. The number of fused-ring (bicyclic) bond motifs is 7. The topological polar surface area (TPSA) is 99.8 Å². The number of carbonyl (C=O) groups excluding carboxylic acids is 3. The van der Waals surface area contributed by atoms with Crippen molar-refractivity contribution >= 4 is 17.6 Å². The molecular formula is C36H58N4O4. The van der Waals surface area contributed by atoms with E-state index in [2.05, 4.69) is 55.6 Å². The van der Waals surface area contributed by atoms with E-state index in [4.69, 9.17) is 4.74 Å². The summed E-state index contributed by atoms with van der Waals surface area (Å²) in [6.07, 6.45) is 11.3. The van der Waals surface area contributed by atoms with Gasteiger partial charge in [0.1, 0.15) is 17.9 Å². The Morgan fingerprint density at radius 1 is 0.932 bits per heavy atom. The van der Waals surface area contributed by atoms with E-state index < -0.39 is 0 Å². The summed E-state index contributed by atoms with van der Waals surface area (Å²) in [7, 11) is 2.11. The lowest BCUT2D eigenvalue weighted by Crippen LogP contribution is -2.60. The maximum absolute atomic E-state index is 14.4. The van der Waals surface area contributed by atoms with E-state index in [1.165, 1.54) is 19.3 Å². The third kappa shape index (κ3) is 4.99. The van der Waals surface area contributed by atoms with Crippen LogP contribution in [0.25, 0.3) is 0 Å². The first-order valence-corrected chi connectivity index (χ1v) is 18.2. The quantitative estimate of drug-likeness (QED) is 0.412. The van der Waals surface area contributed by atoms with Crippen molar-refractivity contribution in [2.45, 2.75) is 129 Å². The van der Waals surface area contributed by atoms with Gasteiger partial charge in [-0.1, -0.05) is 27.7 Å². The fraction of sp³-hybridized carbons (Fsp3) is 0.917. The number of Topliss-reactive ketones (excluding diaryl/α,β-unsaturated/α-hetero) is 1. The molecule has 3 aliphatic heterocycles. The standard InChI is InChI=1S/C36H58N4O4/c1-21-8-13-36(37-20-21)22(2)33-29(44-36)17-28-26-7-6-23-16-25(9-12-34(23,3)27(26)18-30(41)35(28,33)4)39-32(43)19-31(42)38-24-10-14-40(5)15-11-24/h21-29,33,37H,6-20H2,1-5H3,(H,38,42)(H,39,43)/t21-,22-,23+,25+,26+,27-,28-,29-,33-,34-,35+,36+/m0/s1. The number of ketones is 1. The van der Waals surface area contributed by atoms with Gasteiger partial charge in [-0.2, -0.15) is 0 Å². The second kappa shape index (κ2) is 11.3. The Bertz CT molecular complexity index is 1140. The van der Waals surface area contributed by atoms with Crippen molar-refractivity contribution < 1.29 is 19.1 Å². The van der Waals surface area contributed by atoms with Crippen LogP contribution in [-0.4, -0.2) is 73.1 Å². The average Bonchev–Trinajstić information content (AvgIpc) is 3.43. The Morgan fingerprint density at radius 3 is 2.36 bits per heavy atom. The van der Waals surface area contributed by atoms with Crippen LogP contribution in [-0.2, 0) is 19.1 Å². The van der Waals surface area contributed by atoms with Crippen LogP contribution >= 0.6 is 0 Å². The molecule has 0 aromatic carbocycles. The molecule has 8 heteroatoms. The molecular weight excluding hydrogens is 552 g/mol. The third-order valence-corrected chi connectivity index (χ3v) is 14.8. The molecule has 4 saturated carbocycles. The minimum absolute atomic E-state index is 0.0805. The Hall–Kier alpha value is -1.51. The lowest BCUT2D eigenvalue weighted by Gasteiger charge is -2.60. The molecule has 8 nitrogen and oxygen atoms in total. The summed E-state index contributed by atoms with van der Waals surface area (Å²) in [6, 6.07) is 0.306. The highest BCUT2D eigenvalue weighted by molar-refractivity contribution is 5.97. The largest absolute Gasteiger partial charge is 0.357 e. The fourth-order valence-electron chi connectivity index (χ4n) is 12.1. The Kier molecular flexibility index (Phi) is 8.01. The highest BCUT2D eigenvalue weighted by Gasteiger charge is 2.71. The lowest BCUT2D eigenvalue weighted by molar-refractivity contribution is -0.160. The van der Waals surface area contributed by atoms with Crippen molar-refractivity contribution in [2.75, 3.05) is 26.7 Å². The van der Waals surface area contributed by atoms with Crippen LogP contribution < -0.4 is 16.0 Å². The first-order valence-electron chi connectivity index (χ1n) is 18.2. The van der Waals surface area contributed by atoms with E-state index in [1.807, 2.05) is 0 Å². The van der Waals surface area contributed by atoms with Crippen LogP contribution in [0.2, 0.25) is 0 Å². The smallest absolute Gasteiger partial charge is 0.229 e. The van der Waals surface area contributed by atoms with Crippen molar-refractivity contribution in [1.29, 1.82) is 0 Å². The van der Waals surface area contributed by atoms with Gasteiger partial charge in [-0.05, 0) is 119 Å². The third-order valence-electron chi connectivity index (χ3n) is 14.8. The number of likely N-dealkylation sites (tertiary alicyclic amines) is 1. The first-order chi connectivity index (χ1) is 20.9. The van der Waals surface area contributed by atoms with Gasteiger partial charge in [0.15, 0.2) is 0 Å². The number of nitrogens with zero attached hydrogens (tertiary/aromatic N) is 1. The number of amides is 2. The number of nitrogens with one attached hydrogen (secondary N) is 3. The SMILES string of the molecule is C[C@H]1CC[C@@]2(NC1)O[C@H]1C[C@H]3[C@@H]4CC[C@@H]5C[C@H](NC(=O)CC(=O)NC6CCN(C)CC6)CC[C@]5(C)[C@H]4CC(=O)[C@]3(C)[C@H]1[C@@H]2C. The molecule has 3 heterocycles. The molecule has 2 amide bonds. The summed E-state index contributed by atoms with van der Waals surface area (Å²) in [6.45, 7) is 12.5. The Morgan fingerprint density at radius 2 is 1.66 bits per heavy atom. The van der Waals surface area contributed by atoms with Gasteiger partial charge in [0.25, 0.3) is 0 Å². The molecule has 0 aromatic rings. The number of rotatable bonds is 4. The molecule has 246 valence electrons. The van der Waals surface area contributed by atoms with Crippen LogP contribution in [0, 0.1) is 52.3 Å². The molecule has 7 aliphatic rings. The van der Waals surface area contributed by atoms with E-state index in [0.717, 1.165) is 64.6 Å². The molecule has 0 unspecified atom stereocenters. The lowest BCUT2D eigenvalue weighted by atomic mass is 9.44. The van der Waals surface area contributed by atoms with Crippen LogP contribution in [0.5, 0.6) is 0 Å². The minimum atomic E-state index is -0.276. The second-order valence-electron chi connectivity index (χ2n) is 17.0. The number of piperidine rings is 2. The molecule has 12 atom stereocenters. The first kappa shape index (κ1) is 31.1. The van der Waals surface area contributed by atoms with Crippen molar-refractivity contribution in [3.63, 3.8) is 0 Å². The van der Waals surface area contributed by atoms with Gasteiger partial charge in [-0.15, -0.1) is 0 Å². The van der Waals surface area contributed by atoms with Crippen molar-refractivity contribution in [3.8, 4) is 0 Å². The van der Waals surface area contributed by atoms with Gasteiger partial charge >= 0.3 is 0 Å². The molecule has 1 spiro atoms. The highest BCUT2D eigenvalue weighted by Crippen LogP contribution is 2.70. The van der Waals surface area contributed by atoms with Gasteiger partial charge in [0.2, 0.25) is 11.8 Å². The normalized spacial score (nSPS) is 49.1. The Labute approximate surface area is 264 Å². The maximum Gasteiger partial charge on any atom is 0.229 e. The molecule has 0 aromatic heterocycles. The molecule has 44 heavy (non-hydrogen) atoms. The van der Waals surface area contributed by atoms with E-state index in [9.17, 15) is 14.4 Å². The Balaban J connectivity index is 0.973. The summed E-state index contributed by atoms with van der Waals surface area (Å²) in [5.41, 5.74) is -0.381. The van der Waals surface area contributed by atoms with Crippen molar-refractivity contribution in [1.82, 2.24) is 20.9 Å². The van der Waals surface area contributed by atoms with E-state index >= 15 is 0 Å². The number of ether oxygens (including phenoxy) is 1. The zero-order chi connectivity index (χ0) is 31.0. The van der Waals surface area contributed by atoms with E-state index in [-0.39, 0.29) is 53.0 Å². The van der Waals surface area contributed by atoms with Crippen LogP contribution in [0.1, 0.15) is 105 Å². The number of hydrogen-bond acceptors (Lipinski definition) is 6. The van der Waals surface area contributed by atoms with Gasteiger partial charge in [0.05, 0.1) is 6.10 Å². The summed E-state index contributed by atoms with van der Waals surface area (Å²) >= 11 is 0. The summed E-state index contributed by atoms with van der Waals surface area (Å²) in [5.74, 6) is 3.51. The molecule has 0 bridgehead atoms. The predicted molar refractivity (Wildman–Crippen MR) is 169 cm³/mol. The van der Waals surface area contributed by atoms with Crippen molar-refractivity contribution in [2.24, 2.45) is 52.3 Å². The molecule has 7 fully saturated rings. The average molecular weight is 611 g/mol. The molecule has 3 saturated heterocycles. The summed E-state index contributed by atoms with van der Waals surface area (Å²) in [4.78, 5) is 42.1. The predicted octanol–water partition coefficient (Wildman–Crippen LogP) is 4.27. The maximum atomic E-state index is 14.4. The van der Waals surface area contributed by atoms with Crippen LogP contribution in [0.4, 0.5) is 0 Å². The van der Waals surface area contributed by atoms with Crippen LogP contribution in [0.3, 0.4) is 0 Å². The van der Waals surface area contributed by atoms with Crippen LogP contribution in [0.15, 0.2) is 0 Å². The monoisotopic (exact) mass is 610 g/mol. The zero-order valence-electron chi connectivity index (χ0n) is 28.0. The fourth-order valence-corrected chi connectivity index (χ4v) is 12.1. The van der Waals surface area contributed by atoms with Gasteiger partial charge in [-0.25, -0.2) is 0 Å². The molecule has 3 N–H and O–H groups in total. The minimum Gasteiger partial charge on any atom is -0.357 e. The van der Waals surface area contributed by atoms with Gasteiger partial charge in [0, 0.05) is 42.3 Å². The van der Waals surface area contributed by atoms with Gasteiger partial charge in [-0.3, -0.25) is 19.7 Å². The second-order valence-corrected chi connectivity index (χ2v) is 17.0. The van der Waals surface area contributed by atoms with E-state index in [1.54, 1.807) is 0 Å². The highest BCUT2D eigenvalue weighted by atomic mass is 16.5. The summed E-state index contributed by atoms with van der Waals surface area (Å²) < 4.78 is 6.98. The molecule has 4 aliphatic carbocycles. The summed E-state index contributed by atoms with van der Waals surface area (Å²) in [5, 5.41) is 10.1. The van der Waals surface area contributed by atoms with Crippen molar-refractivity contribution in [3.05, 3.63) is 0 Å². The van der Waals surface area contributed by atoms with E-state index in [0.29, 0.717) is 53.6 Å².